The van der Waals surface area contributed by atoms with E-state index >= 15 is 0 Å². The van der Waals surface area contributed by atoms with E-state index in [1.54, 1.807) is 0 Å². The zero-order valence-corrected chi connectivity index (χ0v) is 66.2. The summed E-state index contributed by atoms with van der Waals surface area (Å²) in [5.41, 5.74) is 0. The zero-order chi connectivity index (χ0) is 72.4. The molecule has 0 radical (unpaired) electrons. The molecule has 17 nitrogen and oxygen atoms in total. The normalized spacial score (nSPS) is 14.3. The first-order valence-corrected chi connectivity index (χ1v) is 43.7. The van der Waals surface area contributed by atoms with Crippen molar-refractivity contribution in [3.63, 3.8) is 0 Å². The molecule has 0 fully saturated rings. The Morgan fingerprint density at radius 1 is 0.286 bits per heavy atom. The molecule has 6 atom stereocenters. The van der Waals surface area contributed by atoms with E-state index in [1.807, 2.05) is 0 Å². The van der Waals surface area contributed by atoms with E-state index in [-0.39, 0.29) is 25.7 Å². The number of carbonyl (C=O) groups excluding carboxylic acids is 4. The molecule has 0 aromatic heterocycles. The Kier molecular flexibility index (Phi) is 66.8. The molecule has 0 amide bonds. The van der Waals surface area contributed by atoms with Gasteiger partial charge in [-0.05, 0) is 49.4 Å². The van der Waals surface area contributed by atoms with Crippen molar-refractivity contribution in [2.75, 3.05) is 39.6 Å². The SMILES string of the molecule is CCC(C)CCCCCCCCC(=O)OC[C@H](COP(=O)(O)OC[C@H](O)COP(=O)(O)OC[C@@H](COC(=O)CCCCCCCCCCCCCC(C)C)OC(=O)CCCCCCCCCCCCCCCCCC(C)C)OC(=O)CCCCCCCCCCCCCCCC(C)C. The van der Waals surface area contributed by atoms with Crippen LogP contribution in [0.2, 0.25) is 0 Å². The fourth-order valence-corrected chi connectivity index (χ4v) is 13.6. The summed E-state index contributed by atoms with van der Waals surface area (Å²) in [5.74, 6) is 0.974. The van der Waals surface area contributed by atoms with Gasteiger partial charge in [0, 0.05) is 25.7 Å². The minimum atomic E-state index is -4.96. The average molecular weight is 1440 g/mol. The van der Waals surface area contributed by atoms with Gasteiger partial charge in [0.1, 0.15) is 19.3 Å². The Balaban J connectivity index is 5.25. The van der Waals surface area contributed by atoms with Gasteiger partial charge < -0.3 is 33.8 Å². The van der Waals surface area contributed by atoms with Crippen LogP contribution in [-0.2, 0) is 65.4 Å². The van der Waals surface area contributed by atoms with Gasteiger partial charge in [-0.25, -0.2) is 9.13 Å². The minimum Gasteiger partial charge on any atom is -0.462 e. The fourth-order valence-electron chi connectivity index (χ4n) is 12.0. The van der Waals surface area contributed by atoms with Crippen LogP contribution in [0.4, 0.5) is 0 Å². The molecular weight excluding hydrogens is 1280 g/mol. The lowest BCUT2D eigenvalue weighted by Crippen LogP contribution is -2.30. The number of phosphoric acid groups is 2. The molecule has 582 valence electrons. The molecule has 0 heterocycles. The summed E-state index contributed by atoms with van der Waals surface area (Å²) in [7, 11) is -9.92. The highest BCUT2D eigenvalue weighted by Crippen LogP contribution is 2.45. The molecule has 0 saturated carbocycles. The van der Waals surface area contributed by atoms with E-state index in [0.717, 1.165) is 120 Å². The molecule has 0 bridgehead atoms. The van der Waals surface area contributed by atoms with E-state index in [2.05, 4.69) is 55.4 Å². The van der Waals surface area contributed by atoms with Crippen LogP contribution < -0.4 is 0 Å². The summed E-state index contributed by atoms with van der Waals surface area (Å²) >= 11 is 0. The molecule has 0 rings (SSSR count). The van der Waals surface area contributed by atoms with E-state index in [4.69, 9.17) is 37.0 Å². The highest BCUT2D eigenvalue weighted by molar-refractivity contribution is 7.47. The third-order valence-corrected chi connectivity index (χ3v) is 20.6. The largest absolute Gasteiger partial charge is 0.472 e. The Bertz CT molecular complexity index is 1920. The van der Waals surface area contributed by atoms with Gasteiger partial charge in [-0.3, -0.25) is 37.3 Å². The zero-order valence-electron chi connectivity index (χ0n) is 64.4. The van der Waals surface area contributed by atoms with Gasteiger partial charge in [0.25, 0.3) is 0 Å². The molecule has 3 N–H and O–H groups in total. The molecule has 3 unspecified atom stereocenters. The van der Waals surface area contributed by atoms with E-state index in [0.29, 0.717) is 25.7 Å². The molecule has 98 heavy (non-hydrogen) atoms. The Hall–Kier alpha value is -1.94. The molecule has 0 aliphatic rings. The van der Waals surface area contributed by atoms with Crippen LogP contribution in [0.25, 0.3) is 0 Å². The lowest BCUT2D eigenvalue weighted by molar-refractivity contribution is -0.161. The van der Waals surface area contributed by atoms with E-state index in [9.17, 15) is 43.2 Å². The topological polar surface area (TPSA) is 237 Å². The number of hydrogen-bond acceptors (Lipinski definition) is 15. The number of aliphatic hydroxyl groups is 1. The third kappa shape index (κ3) is 71.1. The maximum Gasteiger partial charge on any atom is 0.472 e. The number of unbranched alkanes of at least 4 members (excludes halogenated alkanes) is 41. The molecule has 0 spiro atoms. The summed E-state index contributed by atoms with van der Waals surface area (Å²) in [6, 6.07) is 0. The summed E-state index contributed by atoms with van der Waals surface area (Å²) in [4.78, 5) is 73.0. The summed E-state index contributed by atoms with van der Waals surface area (Å²) in [6.07, 6.45) is 54.1. The fraction of sp³-hybridized carbons (Fsp3) is 0.949. The van der Waals surface area contributed by atoms with Gasteiger partial charge in [0.15, 0.2) is 12.2 Å². The Morgan fingerprint density at radius 3 is 0.724 bits per heavy atom. The van der Waals surface area contributed by atoms with Crippen molar-refractivity contribution < 1.29 is 80.2 Å². The number of carbonyl (C=O) groups is 4. The van der Waals surface area contributed by atoms with Crippen LogP contribution in [0.1, 0.15) is 402 Å². The monoisotopic (exact) mass is 1440 g/mol. The van der Waals surface area contributed by atoms with Crippen molar-refractivity contribution in [3.05, 3.63) is 0 Å². The summed E-state index contributed by atoms with van der Waals surface area (Å²) < 4.78 is 68.7. The summed E-state index contributed by atoms with van der Waals surface area (Å²) in [5, 5.41) is 10.6. The van der Waals surface area contributed by atoms with Crippen molar-refractivity contribution >= 4 is 39.5 Å². The number of aliphatic hydroxyl groups excluding tert-OH is 1. The first-order valence-electron chi connectivity index (χ1n) is 40.7. The molecule has 0 aromatic rings. The van der Waals surface area contributed by atoms with Crippen LogP contribution in [0.15, 0.2) is 0 Å². The lowest BCUT2D eigenvalue weighted by Gasteiger charge is -2.21. The number of esters is 4. The summed E-state index contributed by atoms with van der Waals surface area (Å²) in [6.45, 7) is 14.2. The highest BCUT2D eigenvalue weighted by atomic mass is 31.2. The van der Waals surface area contributed by atoms with Gasteiger partial charge in [0.2, 0.25) is 0 Å². The van der Waals surface area contributed by atoms with Crippen molar-refractivity contribution in [1.29, 1.82) is 0 Å². The maximum absolute atomic E-state index is 13.1. The maximum atomic E-state index is 13.1. The second-order valence-corrected chi connectivity index (χ2v) is 33.0. The van der Waals surface area contributed by atoms with E-state index in [1.165, 1.54) is 199 Å². The van der Waals surface area contributed by atoms with Crippen LogP contribution in [0.5, 0.6) is 0 Å². The number of ether oxygens (including phenoxy) is 4. The van der Waals surface area contributed by atoms with Crippen molar-refractivity contribution in [3.8, 4) is 0 Å². The smallest absolute Gasteiger partial charge is 0.462 e. The third-order valence-electron chi connectivity index (χ3n) is 18.7. The van der Waals surface area contributed by atoms with Crippen molar-refractivity contribution in [1.82, 2.24) is 0 Å². The van der Waals surface area contributed by atoms with Gasteiger partial charge in [0.05, 0.1) is 26.4 Å². The number of rotatable bonds is 76. The van der Waals surface area contributed by atoms with Gasteiger partial charge in [-0.1, -0.05) is 351 Å². The number of phosphoric ester groups is 2. The van der Waals surface area contributed by atoms with Crippen LogP contribution in [-0.4, -0.2) is 96.7 Å². The van der Waals surface area contributed by atoms with Crippen LogP contribution in [0, 0.1) is 23.7 Å². The molecular formula is C79H154O17P2. The number of hydrogen-bond donors (Lipinski definition) is 3. The van der Waals surface area contributed by atoms with Gasteiger partial charge in [-0.2, -0.15) is 0 Å². The van der Waals surface area contributed by atoms with Crippen LogP contribution >= 0.6 is 15.6 Å². The highest BCUT2D eigenvalue weighted by Gasteiger charge is 2.30. The average Bonchev–Trinajstić information content (AvgIpc) is 1.17. The first-order chi connectivity index (χ1) is 47.1. The second-order valence-electron chi connectivity index (χ2n) is 30.1. The van der Waals surface area contributed by atoms with Crippen LogP contribution in [0.3, 0.4) is 0 Å². The van der Waals surface area contributed by atoms with Crippen molar-refractivity contribution in [2.24, 2.45) is 23.7 Å². The lowest BCUT2D eigenvalue weighted by atomic mass is 10.00. The second kappa shape index (κ2) is 68.2. The molecule has 0 aliphatic heterocycles. The standard InChI is InChI=1S/C79H154O17P2/c1-9-72(8)58-50-42-37-38-44-52-60-77(82)90-66-75(96-79(84)62-54-46-36-30-23-17-13-15-20-26-32-40-48-56-70(4)5)68-94-98(87,88)92-64-73(80)63-91-97(85,86)93-67-74(65-89-76(81)59-51-43-34-28-24-18-21-27-33-41-49-57-71(6)7)95-78(83)61-53-45-35-29-22-16-12-10-11-14-19-25-31-39-47-55-69(2)3/h69-75,80H,9-68H2,1-8H3,(H,85,86)(H,87,88)/t72?,73-,74-,75-/m1/s1. The Labute approximate surface area is 600 Å². The van der Waals surface area contributed by atoms with Gasteiger partial charge >= 0.3 is 39.5 Å². The van der Waals surface area contributed by atoms with E-state index < -0.39 is 97.5 Å². The quantitative estimate of drug-likeness (QED) is 0.0222. The molecule has 0 aromatic carbocycles. The predicted octanol–water partition coefficient (Wildman–Crippen LogP) is 23.2. The molecule has 0 saturated heterocycles. The minimum absolute atomic E-state index is 0.106. The Morgan fingerprint density at radius 2 is 0.490 bits per heavy atom. The predicted molar refractivity (Wildman–Crippen MR) is 400 cm³/mol. The molecule has 19 heteroatoms. The van der Waals surface area contributed by atoms with Crippen molar-refractivity contribution in [2.45, 2.75) is 420 Å². The first kappa shape index (κ1) is 96.1. The van der Waals surface area contributed by atoms with Gasteiger partial charge in [-0.15, -0.1) is 0 Å². The molecule has 0 aliphatic carbocycles.